The Hall–Kier alpha value is -2.91. The van der Waals surface area contributed by atoms with Gasteiger partial charge in [0.15, 0.2) is 0 Å². The van der Waals surface area contributed by atoms with E-state index in [4.69, 9.17) is 0 Å². The summed E-state index contributed by atoms with van der Waals surface area (Å²) in [5, 5.41) is 32.6. The molecule has 0 atom stereocenters. The molecule has 0 aliphatic rings. The van der Waals surface area contributed by atoms with Crippen molar-refractivity contribution in [2.75, 3.05) is 13.2 Å². The summed E-state index contributed by atoms with van der Waals surface area (Å²) < 4.78 is 56.2. The average molecular weight is 396 g/mol. The number of nitrogens with zero attached hydrogens (tertiary/aromatic N) is 2. The SMILES string of the molecule is OCC(CO)n1cc(-c2cc(F)cc(C(F)(F)F)c2-c2ccccc2O)cn1. The van der Waals surface area contributed by atoms with Crippen molar-refractivity contribution in [3.63, 3.8) is 0 Å². The Morgan fingerprint density at radius 1 is 1.04 bits per heavy atom. The van der Waals surface area contributed by atoms with Crippen molar-refractivity contribution in [1.29, 1.82) is 0 Å². The van der Waals surface area contributed by atoms with Gasteiger partial charge in [-0.1, -0.05) is 18.2 Å². The van der Waals surface area contributed by atoms with Crippen LogP contribution in [0.2, 0.25) is 0 Å². The van der Waals surface area contributed by atoms with Gasteiger partial charge in [0.05, 0.1) is 31.0 Å². The molecule has 5 nitrogen and oxygen atoms in total. The monoisotopic (exact) mass is 396 g/mol. The van der Waals surface area contributed by atoms with Crippen molar-refractivity contribution >= 4 is 0 Å². The molecule has 3 aromatic rings. The zero-order chi connectivity index (χ0) is 20.5. The summed E-state index contributed by atoms with van der Waals surface area (Å²) in [6.07, 6.45) is -2.37. The summed E-state index contributed by atoms with van der Waals surface area (Å²) in [6.45, 7) is -0.887. The minimum Gasteiger partial charge on any atom is -0.507 e. The topological polar surface area (TPSA) is 78.5 Å². The number of aliphatic hydroxyl groups is 2. The molecular formula is C19H16F4N2O3. The molecular weight excluding hydrogens is 380 g/mol. The number of benzene rings is 2. The number of aromatic nitrogens is 2. The van der Waals surface area contributed by atoms with E-state index in [2.05, 4.69) is 5.10 Å². The number of aromatic hydroxyl groups is 1. The molecule has 3 rings (SSSR count). The lowest BCUT2D eigenvalue weighted by molar-refractivity contribution is -0.137. The van der Waals surface area contributed by atoms with Crippen LogP contribution < -0.4 is 0 Å². The number of para-hydroxylation sites is 1. The molecule has 0 aliphatic heterocycles. The van der Waals surface area contributed by atoms with Crippen LogP contribution in [0, 0.1) is 5.82 Å². The van der Waals surface area contributed by atoms with Crippen molar-refractivity contribution in [3.05, 3.63) is 60.2 Å². The summed E-state index contributed by atoms with van der Waals surface area (Å²) in [5.74, 6) is -1.49. The van der Waals surface area contributed by atoms with Crippen LogP contribution in [0.15, 0.2) is 48.8 Å². The van der Waals surface area contributed by atoms with Gasteiger partial charge >= 0.3 is 6.18 Å². The van der Waals surface area contributed by atoms with Crippen molar-refractivity contribution < 1.29 is 32.9 Å². The van der Waals surface area contributed by atoms with Gasteiger partial charge in [0.25, 0.3) is 0 Å². The Morgan fingerprint density at radius 2 is 1.71 bits per heavy atom. The Labute approximate surface area is 157 Å². The second-order valence-electron chi connectivity index (χ2n) is 6.12. The third-order valence-corrected chi connectivity index (χ3v) is 4.29. The van der Waals surface area contributed by atoms with E-state index in [9.17, 15) is 32.9 Å². The Bertz CT molecular complexity index is 982. The second kappa shape index (κ2) is 7.61. The Morgan fingerprint density at radius 3 is 2.32 bits per heavy atom. The molecule has 28 heavy (non-hydrogen) atoms. The maximum Gasteiger partial charge on any atom is 0.417 e. The first-order chi connectivity index (χ1) is 13.3. The molecule has 0 aliphatic carbocycles. The predicted molar refractivity (Wildman–Crippen MR) is 92.9 cm³/mol. The van der Waals surface area contributed by atoms with E-state index in [0.29, 0.717) is 6.07 Å². The fourth-order valence-electron chi connectivity index (χ4n) is 2.94. The summed E-state index contributed by atoms with van der Waals surface area (Å²) in [5.41, 5.74) is -1.74. The van der Waals surface area contributed by atoms with Gasteiger partial charge in [0, 0.05) is 22.9 Å². The van der Waals surface area contributed by atoms with Crippen LogP contribution in [-0.4, -0.2) is 38.3 Å². The largest absolute Gasteiger partial charge is 0.507 e. The van der Waals surface area contributed by atoms with E-state index in [0.717, 1.165) is 6.07 Å². The number of phenols is 1. The molecule has 1 aromatic heterocycles. The average Bonchev–Trinajstić information content (AvgIpc) is 3.12. The standard InChI is InChI=1S/C19H16F4N2O3/c20-12-5-15(11-7-24-25(8-11)13(9-26)10-27)18(16(6-12)19(21,22)23)14-3-1-2-4-17(14)28/h1-8,13,26-28H,9-10H2. The van der Waals surface area contributed by atoms with Gasteiger partial charge in [0.2, 0.25) is 0 Å². The highest BCUT2D eigenvalue weighted by molar-refractivity contribution is 5.88. The smallest absolute Gasteiger partial charge is 0.417 e. The normalized spacial score (nSPS) is 12.0. The van der Waals surface area contributed by atoms with Crippen molar-refractivity contribution in [1.82, 2.24) is 9.78 Å². The van der Waals surface area contributed by atoms with Gasteiger partial charge in [0.1, 0.15) is 11.6 Å². The summed E-state index contributed by atoms with van der Waals surface area (Å²) >= 11 is 0. The molecule has 9 heteroatoms. The maximum absolute atomic E-state index is 14.1. The molecule has 0 unspecified atom stereocenters. The molecule has 0 fully saturated rings. The molecule has 2 aromatic carbocycles. The van der Waals surface area contributed by atoms with Crippen LogP contribution in [0.1, 0.15) is 11.6 Å². The Balaban J connectivity index is 2.30. The Kier molecular flexibility index (Phi) is 5.39. The van der Waals surface area contributed by atoms with E-state index in [1.807, 2.05) is 0 Å². The van der Waals surface area contributed by atoms with E-state index >= 15 is 0 Å². The van der Waals surface area contributed by atoms with Crippen molar-refractivity contribution in [2.24, 2.45) is 0 Å². The number of rotatable bonds is 5. The molecule has 0 radical (unpaired) electrons. The van der Waals surface area contributed by atoms with Crippen LogP contribution >= 0.6 is 0 Å². The minimum absolute atomic E-state index is 0.113. The van der Waals surface area contributed by atoms with E-state index < -0.39 is 48.1 Å². The fourth-order valence-corrected chi connectivity index (χ4v) is 2.94. The molecule has 0 saturated carbocycles. The van der Waals surface area contributed by atoms with Gasteiger partial charge in [-0.3, -0.25) is 4.68 Å². The molecule has 148 valence electrons. The van der Waals surface area contributed by atoms with Crippen LogP contribution in [0.4, 0.5) is 17.6 Å². The first-order valence-corrected chi connectivity index (χ1v) is 8.21. The number of aliphatic hydroxyl groups excluding tert-OH is 2. The predicted octanol–water partition coefficient (Wildman–Crippen LogP) is 3.61. The summed E-state index contributed by atoms with van der Waals surface area (Å²) in [6, 6.07) is 5.96. The van der Waals surface area contributed by atoms with Gasteiger partial charge in [-0.15, -0.1) is 0 Å². The molecule has 0 spiro atoms. The lowest BCUT2D eigenvalue weighted by atomic mass is 9.90. The van der Waals surface area contributed by atoms with Crippen molar-refractivity contribution in [3.8, 4) is 28.0 Å². The first kappa shape index (κ1) is 19.8. The highest BCUT2D eigenvalue weighted by atomic mass is 19.4. The zero-order valence-corrected chi connectivity index (χ0v) is 14.4. The minimum atomic E-state index is -4.87. The zero-order valence-electron chi connectivity index (χ0n) is 14.4. The van der Waals surface area contributed by atoms with E-state index in [-0.39, 0.29) is 16.7 Å². The molecule has 3 N–H and O–H groups in total. The highest BCUT2D eigenvalue weighted by Crippen LogP contribution is 2.45. The van der Waals surface area contributed by atoms with Gasteiger partial charge in [-0.25, -0.2) is 4.39 Å². The summed E-state index contributed by atoms with van der Waals surface area (Å²) in [4.78, 5) is 0. The lowest BCUT2D eigenvalue weighted by Crippen LogP contribution is -2.17. The number of hydrogen-bond donors (Lipinski definition) is 3. The van der Waals surface area contributed by atoms with Crippen LogP contribution in [-0.2, 0) is 6.18 Å². The second-order valence-corrected chi connectivity index (χ2v) is 6.12. The van der Waals surface area contributed by atoms with Gasteiger partial charge in [-0.2, -0.15) is 18.3 Å². The number of alkyl halides is 3. The fraction of sp³-hybridized carbons (Fsp3) is 0.211. The van der Waals surface area contributed by atoms with Crippen molar-refractivity contribution in [2.45, 2.75) is 12.2 Å². The van der Waals surface area contributed by atoms with E-state index in [1.54, 1.807) is 0 Å². The van der Waals surface area contributed by atoms with Gasteiger partial charge in [-0.05, 0) is 23.8 Å². The quantitative estimate of drug-likeness (QED) is 0.576. The molecule has 0 bridgehead atoms. The molecule has 0 amide bonds. The maximum atomic E-state index is 14.1. The number of hydrogen-bond acceptors (Lipinski definition) is 4. The number of halogens is 4. The van der Waals surface area contributed by atoms with Crippen LogP contribution in [0.3, 0.4) is 0 Å². The lowest BCUT2D eigenvalue weighted by Gasteiger charge is -2.18. The first-order valence-electron chi connectivity index (χ1n) is 8.21. The number of phenolic OH excluding ortho intramolecular Hbond substituents is 1. The molecule has 0 saturated heterocycles. The summed E-state index contributed by atoms with van der Waals surface area (Å²) in [7, 11) is 0. The third-order valence-electron chi connectivity index (χ3n) is 4.29. The van der Waals surface area contributed by atoms with Crippen LogP contribution in [0.25, 0.3) is 22.3 Å². The molecule has 1 heterocycles. The van der Waals surface area contributed by atoms with Crippen LogP contribution in [0.5, 0.6) is 5.75 Å². The van der Waals surface area contributed by atoms with Gasteiger partial charge < -0.3 is 15.3 Å². The van der Waals surface area contributed by atoms with E-state index in [1.165, 1.54) is 41.3 Å². The highest BCUT2D eigenvalue weighted by Gasteiger charge is 2.36. The third kappa shape index (κ3) is 3.71.